The second kappa shape index (κ2) is 11.5. The van der Waals surface area contributed by atoms with Crippen molar-refractivity contribution in [3.8, 4) is 0 Å². The van der Waals surface area contributed by atoms with Crippen LogP contribution >= 0.6 is 0 Å². The third-order valence-electron chi connectivity index (χ3n) is 4.84. The number of hydrogen-bond acceptors (Lipinski definition) is 7. The van der Waals surface area contributed by atoms with Gasteiger partial charge in [0.05, 0.1) is 13.2 Å². The van der Waals surface area contributed by atoms with E-state index in [1.54, 1.807) is 0 Å². The molecule has 1 unspecified atom stereocenters. The molecule has 31 heavy (non-hydrogen) atoms. The number of aliphatic hydroxyl groups is 1. The van der Waals surface area contributed by atoms with Crippen LogP contribution < -0.4 is 0 Å². The molecule has 1 saturated heterocycles. The first-order valence-electron chi connectivity index (χ1n) is 9.90. The average molecular weight is 427 g/mol. The fourth-order valence-corrected chi connectivity index (χ4v) is 3.35. The Bertz CT molecular complexity index is 875. The van der Waals surface area contributed by atoms with E-state index >= 15 is 0 Å². The van der Waals surface area contributed by atoms with E-state index in [1.807, 2.05) is 60.7 Å². The van der Waals surface area contributed by atoms with Crippen LogP contribution in [0.3, 0.4) is 0 Å². The second-order valence-corrected chi connectivity index (χ2v) is 7.09. The molecule has 0 amide bonds. The van der Waals surface area contributed by atoms with E-state index < -0.39 is 36.6 Å². The van der Waals surface area contributed by atoms with Crippen molar-refractivity contribution in [2.75, 3.05) is 6.61 Å². The number of azide groups is 1. The summed E-state index contributed by atoms with van der Waals surface area (Å²) in [6, 6.07) is 17.9. The topological polar surface area (TPSA) is 123 Å². The number of hydrogen-bond donors (Lipinski definition) is 1. The smallest absolute Gasteiger partial charge is 0.302 e. The highest BCUT2D eigenvalue weighted by atomic mass is 16.7. The second-order valence-electron chi connectivity index (χ2n) is 7.09. The van der Waals surface area contributed by atoms with Crippen molar-refractivity contribution in [1.29, 1.82) is 0 Å². The Labute approximate surface area is 180 Å². The molecule has 2 aromatic carbocycles. The maximum Gasteiger partial charge on any atom is 0.302 e. The quantitative estimate of drug-likeness (QED) is 0.284. The minimum atomic E-state index is -1.44. The molecule has 0 bridgehead atoms. The van der Waals surface area contributed by atoms with E-state index in [2.05, 4.69) is 10.0 Å². The van der Waals surface area contributed by atoms with Crippen molar-refractivity contribution in [1.82, 2.24) is 0 Å². The van der Waals surface area contributed by atoms with Crippen molar-refractivity contribution in [3.05, 3.63) is 82.2 Å². The summed E-state index contributed by atoms with van der Waals surface area (Å²) < 4.78 is 22.9. The number of esters is 1. The number of carbonyl (C=O) groups is 1. The average Bonchev–Trinajstić information content (AvgIpc) is 2.78. The maximum absolute atomic E-state index is 11.3. The van der Waals surface area contributed by atoms with Crippen LogP contribution in [0.2, 0.25) is 0 Å². The van der Waals surface area contributed by atoms with Crippen molar-refractivity contribution in [2.24, 2.45) is 5.11 Å². The molecule has 1 aliphatic heterocycles. The number of rotatable bonds is 9. The third kappa shape index (κ3) is 6.52. The van der Waals surface area contributed by atoms with Gasteiger partial charge in [0.1, 0.15) is 31.0 Å². The molecule has 9 heteroatoms. The highest BCUT2D eigenvalue weighted by Gasteiger charge is 2.47. The van der Waals surface area contributed by atoms with Gasteiger partial charge in [0.15, 0.2) is 6.29 Å². The lowest BCUT2D eigenvalue weighted by molar-refractivity contribution is -0.271. The largest absolute Gasteiger partial charge is 0.463 e. The fraction of sp³-hybridized carbons (Fsp3) is 0.409. The predicted molar refractivity (Wildman–Crippen MR) is 110 cm³/mol. The molecule has 1 aliphatic rings. The fourth-order valence-electron chi connectivity index (χ4n) is 3.35. The molecule has 164 valence electrons. The molecule has 1 fully saturated rings. The zero-order valence-corrected chi connectivity index (χ0v) is 17.1. The molecular formula is C22H25N3O6. The van der Waals surface area contributed by atoms with Crippen LogP contribution in [0.25, 0.3) is 10.4 Å². The standard InChI is InChI=1S/C22H25N3O6/c1-15(26)28-14-18-20(29-12-16-8-4-2-5-9-16)21(19(24-25-23)22(27)31-18)30-13-17-10-6-3-7-11-17/h2-11,18-22,27H,12-14H2,1H3/t18-,19-,20-,21-,22?/m1/s1. The number of nitrogens with zero attached hydrogens (tertiary/aromatic N) is 3. The van der Waals surface area contributed by atoms with Gasteiger partial charge in [0, 0.05) is 11.8 Å². The number of ether oxygens (including phenoxy) is 4. The zero-order valence-electron chi connectivity index (χ0n) is 17.1. The van der Waals surface area contributed by atoms with Crippen molar-refractivity contribution in [2.45, 2.75) is 50.8 Å². The normalized spacial score (nSPS) is 25.4. The van der Waals surface area contributed by atoms with Crippen molar-refractivity contribution < 1.29 is 28.8 Å². The van der Waals surface area contributed by atoms with Gasteiger partial charge in [-0.05, 0) is 16.7 Å². The van der Waals surface area contributed by atoms with Gasteiger partial charge in [-0.15, -0.1) is 0 Å². The third-order valence-corrected chi connectivity index (χ3v) is 4.84. The highest BCUT2D eigenvalue weighted by molar-refractivity contribution is 5.65. The van der Waals surface area contributed by atoms with Crippen LogP contribution in [0.15, 0.2) is 65.8 Å². The molecule has 0 spiro atoms. The van der Waals surface area contributed by atoms with Crippen LogP contribution in [0.5, 0.6) is 0 Å². The first-order valence-corrected chi connectivity index (χ1v) is 9.90. The summed E-state index contributed by atoms with van der Waals surface area (Å²) in [5.74, 6) is -0.487. The van der Waals surface area contributed by atoms with Gasteiger partial charge in [0.25, 0.3) is 0 Å². The Balaban J connectivity index is 1.83. The molecule has 0 aliphatic carbocycles. The summed E-state index contributed by atoms with van der Waals surface area (Å²) in [7, 11) is 0. The lowest BCUT2D eigenvalue weighted by Crippen LogP contribution is -2.59. The van der Waals surface area contributed by atoms with Gasteiger partial charge in [-0.25, -0.2) is 0 Å². The first kappa shape index (κ1) is 22.7. The lowest BCUT2D eigenvalue weighted by atomic mass is 9.96. The molecular weight excluding hydrogens is 402 g/mol. The first-order chi connectivity index (χ1) is 15.1. The summed E-state index contributed by atoms with van der Waals surface area (Å²) in [5.41, 5.74) is 10.8. The summed E-state index contributed by atoms with van der Waals surface area (Å²) in [4.78, 5) is 14.2. The lowest BCUT2D eigenvalue weighted by Gasteiger charge is -2.43. The van der Waals surface area contributed by atoms with Gasteiger partial charge in [-0.2, -0.15) is 0 Å². The zero-order chi connectivity index (χ0) is 22.1. The van der Waals surface area contributed by atoms with E-state index in [-0.39, 0.29) is 19.8 Å². The van der Waals surface area contributed by atoms with Gasteiger partial charge >= 0.3 is 5.97 Å². The molecule has 1 N–H and O–H groups in total. The monoisotopic (exact) mass is 427 g/mol. The Morgan fingerprint density at radius 3 is 2.10 bits per heavy atom. The van der Waals surface area contributed by atoms with Crippen molar-refractivity contribution in [3.63, 3.8) is 0 Å². The van der Waals surface area contributed by atoms with Crippen LogP contribution in [-0.4, -0.2) is 48.3 Å². The summed E-state index contributed by atoms with van der Waals surface area (Å²) >= 11 is 0. The van der Waals surface area contributed by atoms with E-state index in [9.17, 15) is 9.90 Å². The molecule has 0 radical (unpaired) electrons. The Kier molecular flexibility index (Phi) is 8.40. The number of carbonyl (C=O) groups excluding carboxylic acids is 1. The molecule has 3 rings (SSSR count). The van der Waals surface area contributed by atoms with Gasteiger partial charge in [-0.1, -0.05) is 65.8 Å². The predicted octanol–water partition coefficient (Wildman–Crippen LogP) is 3.12. The molecule has 5 atom stereocenters. The minimum absolute atomic E-state index is 0.139. The van der Waals surface area contributed by atoms with E-state index in [0.29, 0.717) is 0 Å². The maximum atomic E-state index is 11.3. The minimum Gasteiger partial charge on any atom is -0.463 e. The number of benzene rings is 2. The SMILES string of the molecule is CC(=O)OC[C@H]1OC(O)[C@H](N=[N+]=[N-])[C@@H](OCc2ccccc2)[C@@H]1OCc1ccccc1. The van der Waals surface area contributed by atoms with Gasteiger partial charge in [-0.3, -0.25) is 4.79 Å². The van der Waals surface area contributed by atoms with Gasteiger partial charge < -0.3 is 24.1 Å². The van der Waals surface area contributed by atoms with Crippen LogP contribution in [0.4, 0.5) is 0 Å². The molecule has 9 nitrogen and oxygen atoms in total. The van der Waals surface area contributed by atoms with Crippen LogP contribution in [0, 0.1) is 0 Å². The van der Waals surface area contributed by atoms with Crippen LogP contribution in [0.1, 0.15) is 18.1 Å². The molecule has 2 aromatic rings. The summed E-state index contributed by atoms with van der Waals surface area (Å²) in [6.45, 7) is 1.59. The van der Waals surface area contributed by atoms with Gasteiger partial charge in [0.2, 0.25) is 0 Å². The molecule has 0 aromatic heterocycles. The summed E-state index contributed by atoms with van der Waals surface area (Å²) in [6.07, 6.45) is -3.84. The Hall–Kier alpha value is -2.94. The van der Waals surface area contributed by atoms with E-state index in [1.165, 1.54) is 6.92 Å². The summed E-state index contributed by atoms with van der Waals surface area (Å²) in [5, 5.41) is 14.1. The number of aliphatic hydroxyl groups excluding tert-OH is 1. The van der Waals surface area contributed by atoms with E-state index in [0.717, 1.165) is 11.1 Å². The Morgan fingerprint density at radius 1 is 1.03 bits per heavy atom. The van der Waals surface area contributed by atoms with Crippen LogP contribution in [-0.2, 0) is 37.0 Å². The van der Waals surface area contributed by atoms with E-state index in [4.69, 9.17) is 24.5 Å². The molecule has 1 heterocycles. The molecule has 0 saturated carbocycles. The van der Waals surface area contributed by atoms with Crippen molar-refractivity contribution >= 4 is 5.97 Å². The Morgan fingerprint density at radius 2 is 1.58 bits per heavy atom. The highest BCUT2D eigenvalue weighted by Crippen LogP contribution is 2.29.